The first-order chi connectivity index (χ1) is 3.43. The molecule has 0 aliphatic rings. The first-order valence-corrected chi connectivity index (χ1v) is 4.44. The van der Waals surface area contributed by atoms with Crippen molar-refractivity contribution >= 4 is 28.4 Å². The molecule has 0 spiro atoms. The molecule has 1 aromatic heterocycles. The third-order valence-electron chi connectivity index (χ3n) is 0.590. The van der Waals surface area contributed by atoms with Crippen molar-refractivity contribution in [3.63, 3.8) is 0 Å². The number of nitrogens with zero attached hydrogens (tertiary/aromatic N) is 2. The van der Waals surface area contributed by atoms with Gasteiger partial charge in [-0.3, -0.25) is 0 Å². The normalized spacial score (nSPS) is 9.29. The molecular weight excluding hydrogens is 171 g/mol. The van der Waals surface area contributed by atoms with Crippen LogP contribution in [0, 0.1) is 0 Å². The van der Waals surface area contributed by atoms with Gasteiger partial charge in [0.1, 0.15) is 0 Å². The van der Waals surface area contributed by atoms with Crippen LogP contribution < -0.4 is 0 Å². The molecule has 1 unspecified atom stereocenters. The number of hydrogen-bond donors (Lipinski definition) is 0. The molecule has 0 N–H and O–H groups in total. The second kappa shape index (κ2) is 2.43. The Morgan fingerprint density at radius 1 is 1.86 bits per heavy atom. The SMILES string of the molecule is [AsH2]Cc1ncsn1. The van der Waals surface area contributed by atoms with Crippen molar-refractivity contribution in [2.24, 2.45) is 0 Å². The zero-order valence-corrected chi connectivity index (χ0v) is 6.90. The molecule has 0 saturated heterocycles. The molecule has 7 heavy (non-hydrogen) atoms. The molecule has 0 aliphatic heterocycles. The van der Waals surface area contributed by atoms with Gasteiger partial charge in [0.25, 0.3) is 0 Å². The summed E-state index contributed by atoms with van der Waals surface area (Å²) in [6, 6.07) is 0. The van der Waals surface area contributed by atoms with E-state index in [1.165, 1.54) is 11.5 Å². The second-order valence-corrected chi connectivity index (χ2v) is 2.51. The van der Waals surface area contributed by atoms with Gasteiger partial charge in [0.05, 0.1) is 0 Å². The zero-order chi connectivity index (χ0) is 5.11. The first kappa shape index (κ1) is 5.26. The molecule has 4 heteroatoms. The van der Waals surface area contributed by atoms with Gasteiger partial charge in [-0.1, -0.05) is 0 Å². The molecule has 0 aliphatic carbocycles. The van der Waals surface area contributed by atoms with E-state index in [0.29, 0.717) is 0 Å². The van der Waals surface area contributed by atoms with Crippen molar-refractivity contribution in [1.82, 2.24) is 9.36 Å². The van der Waals surface area contributed by atoms with Gasteiger partial charge in [0.15, 0.2) is 0 Å². The van der Waals surface area contributed by atoms with Crippen LogP contribution in [0.1, 0.15) is 5.82 Å². The molecule has 1 atom stereocenters. The van der Waals surface area contributed by atoms with E-state index in [-0.39, 0.29) is 0 Å². The number of aromatic nitrogens is 2. The van der Waals surface area contributed by atoms with Gasteiger partial charge >= 0.3 is 54.3 Å². The standard InChI is InChI=1S/C3H5AsN2S/c4-1-3-5-2-7-6-3/h2H,1,4H2. The fourth-order valence-corrected chi connectivity index (χ4v) is 1.43. The summed E-state index contributed by atoms with van der Waals surface area (Å²) in [6.07, 6.45) is 0. The summed E-state index contributed by atoms with van der Waals surface area (Å²) in [5.74, 6) is 0.977. The van der Waals surface area contributed by atoms with Crippen LogP contribution in [-0.2, 0) is 5.21 Å². The van der Waals surface area contributed by atoms with Crippen LogP contribution in [0.25, 0.3) is 0 Å². The quantitative estimate of drug-likeness (QED) is 0.547. The number of hydrogen-bond acceptors (Lipinski definition) is 3. The summed E-state index contributed by atoms with van der Waals surface area (Å²) in [5.41, 5.74) is 1.76. The fraction of sp³-hybridized carbons (Fsp3) is 0.333. The van der Waals surface area contributed by atoms with Gasteiger partial charge < -0.3 is 0 Å². The summed E-state index contributed by atoms with van der Waals surface area (Å²) < 4.78 is 3.98. The topological polar surface area (TPSA) is 25.8 Å². The predicted molar refractivity (Wildman–Crippen MR) is 32.2 cm³/mol. The van der Waals surface area contributed by atoms with Gasteiger partial charge in [0.2, 0.25) is 0 Å². The van der Waals surface area contributed by atoms with Crippen molar-refractivity contribution in [2.45, 2.75) is 5.21 Å². The van der Waals surface area contributed by atoms with E-state index < -0.39 is 0 Å². The van der Waals surface area contributed by atoms with E-state index in [1.54, 1.807) is 22.4 Å². The Labute approximate surface area is 54.6 Å². The summed E-state index contributed by atoms with van der Waals surface area (Å²) in [4.78, 5) is 3.96. The average molecular weight is 176 g/mol. The Morgan fingerprint density at radius 3 is 3.00 bits per heavy atom. The van der Waals surface area contributed by atoms with Gasteiger partial charge in [-0.15, -0.1) is 0 Å². The van der Waals surface area contributed by atoms with E-state index in [9.17, 15) is 0 Å². The second-order valence-electron chi connectivity index (χ2n) is 1.05. The molecule has 1 rings (SSSR count). The van der Waals surface area contributed by atoms with Gasteiger partial charge in [-0.25, -0.2) is 0 Å². The van der Waals surface area contributed by atoms with Crippen LogP contribution in [0.2, 0.25) is 0 Å². The first-order valence-electron chi connectivity index (χ1n) is 1.89. The van der Waals surface area contributed by atoms with Crippen LogP contribution in [-0.4, -0.2) is 26.2 Å². The van der Waals surface area contributed by atoms with E-state index in [0.717, 1.165) is 11.0 Å². The van der Waals surface area contributed by atoms with Crippen LogP contribution in [0.15, 0.2) is 5.51 Å². The van der Waals surface area contributed by atoms with E-state index in [2.05, 4.69) is 9.36 Å². The minimum atomic E-state index is 0.977. The van der Waals surface area contributed by atoms with E-state index in [1.807, 2.05) is 0 Å². The predicted octanol–water partition coefficient (Wildman–Crippen LogP) is -0.329. The van der Waals surface area contributed by atoms with Crippen molar-refractivity contribution in [3.8, 4) is 0 Å². The molecule has 1 heterocycles. The molecule has 38 valence electrons. The zero-order valence-electron chi connectivity index (χ0n) is 3.66. The van der Waals surface area contributed by atoms with Gasteiger partial charge in [0, 0.05) is 0 Å². The maximum absolute atomic E-state index is 3.98. The monoisotopic (exact) mass is 176 g/mol. The van der Waals surface area contributed by atoms with E-state index in [4.69, 9.17) is 0 Å². The van der Waals surface area contributed by atoms with Gasteiger partial charge in [-0.2, -0.15) is 0 Å². The van der Waals surface area contributed by atoms with Crippen molar-refractivity contribution in [1.29, 1.82) is 0 Å². The van der Waals surface area contributed by atoms with Gasteiger partial charge in [-0.05, 0) is 0 Å². The summed E-state index contributed by atoms with van der Waals surface area (Å²) >= 11 is 3.07. The maximum atomic E-state index is 3.98. The fourth-order valence-electron chi connectivity index (χ4n) is 0.282. The van der Waals surface area contributed by atoms with Crippen molar-refractivity contribution in [3.05, 3.63) is 11.3 Å². The third kappa shape index (κ3) is 1.25. The molecule has 0 fully saturated rings. The molecule has 0 bridgehead atoms. The van der Waals surface area contributed by atoms with E-state index >= 15 is 0 Å². The van der Waals surface area contributed by atoms with Crippen molar-refractivity contribution in [2.75, 3.05) is 0 Å². The summed E-state index contributed by atoms with van der Waals surface area (Å²) in [7, 11) is 0. The molecule has 0 amide bonds. The molecule has 0 saturated carbocycles. The molecule has 0 radical (unpaired) electrons. The molecule has 1 aromatic rings. The van der Waals surface area contributed by atoms with Crippen LogP contribution >= 0.6 is 11.5 Å². The Kier molecular flexibility index (Phi) is 1.83. The molecule has 2 nitrogen and oxygen atoms in total. The summed E-state index contributed by atoms with van der Waals surface area (Å²) in [5, 5.41) is 1.01. The Bertz CT molecular complexity index is 127. The van der Waals surface area contributed by atoms with Crippen LogP contribution in [0.3, 0.4) is 0 Å². The Morgan fingerprint density at radius 2 is 2.71 bits per heavy atom. The minimum absolute atomic E-state index is 0.977. The third-order valence-corrected chi connectivity index (χ3v) is 1.87. The number of rotatable bonds is 1. The van der Waals surface area contributed by atoms with Crippen LogP contribution in [0.4, 0.5) is 0 Å². The van der Waals surface area contributed by atoms with Crippen LogP contribution in [0.5, 0.6) is 0 Å². The Balaban J connectivity index is 2.76. The summed E-state index contributed by atoms with van der Waals surface area (Å²) in [6.45, 7) is 0. The van der Waals surface area contributed by atoms with Crippen molar-refractivity contribution < 1.29 is 0 Å². The molecular formula is C3H5AsN2S. The average Bonchev–Trinajstić information content (AvgIpc) is 2.14. The molecule has 0 aromatic carbocycles. The Hall–Kier alpha value is 0.118.